The summed E-state index contributed by atoms with van der Waals surface area (Å²) < 4.78 is 58.0. The summed E-state index contributed by atoms with van der Waals surface area (Å²) in [6, 6.07) is 4.91. The molecule has 0 spiro atoms. The number of carbonyl (C=O) groups is 2. The molecule has 1 aromatic heterocycles. The average Bonchev–Trinajstić information content (AvgIpc) is 3.52. The van der Waals surface area contributed by atoms with Crippen molar-refractivity contribution in [2.75, 3.05) is 34.0 Å². The minimum atomic E-state index is -0.647. The van der Waals surface area contributed by atoms with Crippen LogP contribution in [0.25, 0.3) is 10.1 Å². The van der Waals surface area contributed by atoms with Crippen LogP contribution in [0.4, 0.5) is 8.78 Å². The van der Waals surface area contributed by atoms with Gasteiger partial charge in [0.05, 0.1) is 45.3 Å². The van der Waals surface area contributed by atoms with Crippen LogP contribution in [0.5, 0.6) is 23.0 Å². The lowest BCUT2D eigenvalue weighted by Crippen LogP contribution is -2.09. The van der Waals surface area contributed by atoms with Crippen LogP contribution in [-0.4, -0.2) is 45.8 Å². The highest BCUT2D eigenvalue weighted by Crippen LogP contribution is 2.41. The molecule has 0 aliphatic heterocycles. The van der Waals surface area contributed by atoms with Gasteiger partial charge in [-0.05, 0) is 48.9 Å². The van der Waals surface area contributed by atoms with E-state index in [0.717, 1.165) is 23.3 Å². The first kappa shape index (κ1) is 28.6. The molecule has 0 saturated carbocycles. The van der Waals surface area contributed by atoms with E-state index >= 15 is 8.78 Å². The number of thiophene rings is 1. The fourth-order valence-electron chi connectivity index (χ4n) is 4.68. The van der Waals surface area contributed by atoms with Crippen LogP contribution in [0.1, 0.15) is 53.9 Å². The standard InChI is InChI=1S/C29H32F2O7S/c1-5-36-25(33)8-7-20(32)24-14-19-23(39-24)15-22(35-4)29(27(19)31)38-10-6-9-37-28-21(34-3)13-17-11-16(2)12-18(17)26(28)30/h13-16H,5-12H2,1-4H3. The second-order valence-electron chi connectivity index (χ2n) is 9.40. The van der Waals surface area contributed by atoms with Gasteiger partial charge in [0.2, 0.25) is 0 Å². The predicted molar refractivity (Wildman–Crippen MR) is 144 cm³/mol. The Kier molecular flexibility index (Phi) is 9.27. The van der Waals surface area contributed by atoms with Crippen molar-refractivity contribution in [1.82, 2.24) is 0 Å². The molecule has 0 saturated heterocycles. The number of hydrogen-bond acceptors (Lipinski definition) is 8. The van der Waals surface area contributed by atoms with Crippen LogP contribution in [0, 0.1) is 17.6 Å². The maximum Gasteiger partial charge on any atom is 0.306 e. The molecule has 3 aromatic rings. The van der Waals surface area contributed by atoms with Gasteiger partial charge in [0.1, 0.15) is 0 Å². The van der Waals surface area contributed by atoms with Crippen LogP contribution in [0.3, 0.4) is 0 Å². The lowest BCUT2D eigenvalue weighted by molar-refractivity contribution is -0.143. The Morgan fingerprint density at radius 3 is 2.28 bits per heavy atom. The van der Waals surface area contributed by atoms with Crippen LogP contribution < -0.4 is 18.9 Å². The van der Waals surface area contributed by atoms with Crippen LogP contribution in [0.2, 0.25) is 0 Å². The Hall–Kier alpha value is -3.40. The van der Waals surface area contributed by atoms with E-state index in [1.807, 2.05) is 6.07 Å². The maximum atomic E-state index is 15.4. The first-order valence-corrected chi connectivity index (χ1v) is 13.7. The zero-order valence-corrected chi connectivity index (χ0v) is 23.3. The Morgan fingerprint density at radius 2 is 1.62 bits per heavy atom. The van der Waals surface area contributed by atoms with E-state index in [2.05, 4.69) is 6.92 Å². The fraction of sp³-hybridized carbons (Fsp3) is 0.448. The Bertz CT molecular complexity index is 1370. The molecule has 0 amide bonds. The van der Waals surface area contributed by atoms with Crippen molar-refractivity contribution in [3.8, 4) is 23.0 Å². The van der Waals surface area contributed by atoms with E-state index in [9.17, 15) is 9.59 Å². The molecule has 1 aliphatic rings. The van der Waals surface area contributed by atoms with Gasteiger partial charge in [0.25, 0.3) is 0 Å². The second-order valence-corrected chi connectivity index (χ2v) is 10.5. The number of benzene rings is 2. The Morgan fingerprint density at radius 1 is 0.949 bits per heavy atom. The van der Waals surface area contributed by atoms with Gasteiger partial charge in [0, 0.05) is 29.0 Å². The summed E-state index contributed by atoms with van der Waals surface area (Å²) in [5.74, 6) is -0.857. The molecule has 2 aromatic carbocycles. The smallest absolute Gasteiger partial charge is 0.306 e. The van der Waals surface area contributed by atoms with Crippen molar-refractivity contribution >= 4 is 33.2 Å². The van der Waals surface area contributed by atoms with Gasteiger partial charge in [0.15, 0.2) is 40.4 Å². The SMILES string of the molecule is CCOC(=O)CCC(=O)c1cc2c(F)c(OCCCOc3c(OC)cc4c(c3F)CC(C)C4)c(OC)cc2s1. The fourth-order valence-corrected chi connectivity index (χ4v) is 5.74. The zero-order chi connectivity index (χ0) is 28.1. The van der Waals surface area contributed by atoms with E-state index in [1.165, 1.54) is 20.3 Å². The summed E-state index contributed by atoms with van der Waals surface area (Å²) in [7, 11) is 2.88. The third-order valence-electron chi connectivity index (χ3n) is 6.54. The van der Waals surface area contributed by atoms with Gasteiger partial charge in [-0.25, -0.2) is 8.78 Å². The largest absolute Gasteiger partial charge is 0.493 e. The third kappa shape index (κ3) is 6.27. The van der Waals surface area contributed by atoms with Crippen molar-refractivity contribution in [2.24, 2.45) is 5.92 Å². The number of ketones is 1. The van der Waals surface area contributed by atoms with E-state index in [1.54, 1.807) is 13.0 Å². The minimum absolute atomic E-state index is 0.0254. The Balaban J connectivity index is 1.40. The van der Waals surface area contributed by atoms with Gasteiger partial charge in [-0.15, -0.1) is 11.3 Å². The first-order chi connectivity index (χ1) is 18.8. The summed E-state index contributed by atoms with van der Waals surface area (Å²) in [6.45, 7) is 4.23. The number of halogens is 2. The second kappa shape index (κ2) is 12.6. The van der Waals surface area contributed by atoms with E-state index in [4.69, 9.17) is 23.7 Å². The number of hydrogen-bond donors (Lipinski definition) is 0. The molecule has 0 N–H and O–H groups in total. The molecule has 10 heteroatoms. The van der Waals surface area contributed by atoms with Crippen molar-refractivity contribution in [3.63, 3.8) is 0 Å². The zero-order valence-electron chi connectivity index (χ0n) is 22.5. The molecular formula is C29H32F2O7S. The summed E-state index contributed by atoms with van der Waals surface area (Å²) in [5, 5.41) is 0.228. The number of ether oxygens (including phenoxy) is 5. The van der Waals surface area contributed by atoms with Gasteiger partial charge in [-0.3, -0.25) is 9.59 Å². The van der Waals surface area contributed by atoms with Gasteiger partial charge < -0.3 is 23.7 Å². The van der Waals surface area contributed by atoms with Gasteiger partial charge in [-0.1, -0.05) is 6.92 Å². The molecule has 210 valence electrons. The molecular weight excluding hydrogens is 530 g/mol. The lowest BCUT2D eigenvalue weighted by atomic mass is 10.1. The molecule has 7 nitrogen and oxygen atoms in total. The number of methoxy groups -OCH3 is 2. The molecule has 1 atom stereocenters. The van der Waals surface area contributed by atoms with E-state index in [0.29, 0.717) is 39.6 Å². The Labute approximate surface area is 230 Å². The van der Waals surface area contributed by atoms with E-state index < -0.39 is 17.6 Å². The monoisotopic (exact) mass is 562 g/mol. The average molecular weight is 563 g/mol. The lowest BCUT2D eigenvalue weighted by Gasteiger charge is -2.15. The van der Waals surface area contributed by atoms with Crippen LogP contribution >= 0.6 is 11.3 Å². The highest BCUT2D eigenvalue weighted by atomic mass is 32.1. The number of rotatable bonds is 13. The summed E-state index contributed by atoms with van der Waals surface area (Å²) >= 11 is 1.12. The van der Waals surface area contributed by atoms with Crippen LogP contribution in [-0.2, 0) is 22.4 Å². The van der Waals surface area contributed by atoms with Crippen molar-refractivity contribution in [2.45, 2.75) is 46.0 Å². The minimum Gasteiger partial charge on any atom is -0.493 e. The summed E-state index contributed by atoms with van der Waals surface area (Å²) in [6.07, 6.45) is 1.75. The highest BCUT2D eigenvalue weighted by Gasteiger charge is 2.27. The van der Waals surface area contributed by atoms with Gasteiger partial charge >= 0.3 is 5.97 Å². The normalized spacial score (nSPS) is 14.3. The summed E-state index contributed by atoms with van der Waals surface area (Å²) in [5.41, 5.74) is 1.62. The molecule has 1 unspecified atom stereocenters. The van der Waals surface area contributed by atoms with Gasteiger partial charge in [-0.2, -0.15) is 0 Å². The highest BCUT2D eigenvalue weighted by molar-refractivity contribution is 7.20. The molecule has 0 bridgehead atoms. The van der Waals surface area contributed by atoms with Crippen LogP contribution in [0.15, 0.2) is 18.2 Å². The van der Waals surface area contributed by atoms with Crippen molar-refractivity contribution in [3.05, 3.63) is 45.8 Å². The number of carbonyl (C=O) groups excluding carboxylic acids is 2. The topological polar surface area (TPSA) is 80.3 Å². The molecule has 0 fully saturated rings. The third-order valence-corrected chi connectivity index (χ3v) is 7.67. The molecule has 4 rings (SSSR count). The predicted octanol–water partition coefficient (Wildman–Crippen LogP) is 6.31. The first-order valence-electron chi connectivity index (χ1n) is 12.9. The number of Topliss-reactive ketones (excluding diaryl/α,β-unsaturated/α-hetero) is 1. The summed E-state index contributed by atoms with van der Waals surface area (Å²) in [4.78, 5) is 24.5. The number of esters is 1. The van der Waals surface area contributed by atoms with Crippen molar-refractivity contribution in [1.29, 1.82) is 0 Å². The maximum absolute atomic E-state index is 15.4. The van der Waals surface area contributed by atoms with Crippen molar-refractivity contribution < 1.29 is 42.1 Å². The molecule has 1 heterocycles. The quantitative estimate of drug-likeness (QED) is 0.137. The van der Waals surface area contributed by atoms with E-state index in [-0.39, 0.29) is 61.1 Å². The number of fused-ring (bicyclic) bond motifs is 2. The molecule has 39 heavy (non-hydrogen) atoms. The molecule has 1 aliphatic carbocycles. The molecule has 0 radical (unpaired) electrons.